The molecule has 33 heavy (non-hydrogen) atoms. The van der Waals surface area contributed by atoms with Crippen LogP contribution in [-0.4, -0.2) is 50.4 Å². The first kappa shape index (κ1) is 21.6. The number of hydrogen-bond donors (Lipinski definition) is 3. The largest absolute Gasteiger partial charge is 0.359 e. The van der Waals surface area contributed by atoms with Crippen LogP contribution in [0.3, 0.4) is 0 Å². The average molecular weight is 482 g/mol. The summed E-state index contributed by atoms with van der Waals surface area (Å²) < 4.78 is 0. The first-order chi connectivity index (χ1) is 16.0. The molecule has 2 aromatic carbocycles. The van der Waals surface area contributed by atoms with Crippen LogP contribution in [-0.2, 0) is 0 Å². The van der Waals surface area contributed by atoms with E-state index in [1.54, 1.807) is 17.0 Å². The molecule has 4 aromatic rings. The Bertz CT molecular complexity index is 1380. The third kappa shape index (κ3) is 4.25. The molecule has 0 aliphatic carbocycles. The van der Waals surface area contributed by atoms with Crippen LogP contribution >= 0.6 is 23.2 Å². The van der Waals surface area contributed by atoms with Gasteiger partial charge in [-0.1, -0.05) is 35.4 Å². The molecule has 4 N–H and O–H groups in total. The van der Waals surface area contributed by atoms with E-state index in [4.69, 9.17) is 28.9 Å². The fourth-order valence-corrected chi connectivity index (χ4v) is 4.35. The Labute approximate surface area is 199 Å². The van der Waals surface area contributed by atoms with Crippen LogP contribution in [0.25, 0.3) is 21.9 Å². The maximum absolute atomic E-state index is 12.9. The van der Waals surface area contributed by atoms with Crippen LogP contribution in [0.1, 0.15) is 28.6 Å². The van der Waals surface area contributed by atoms with Crippen molar-refractivity contribution in [3.8, 4) is 0 Å². The topological polar surface area (TPSA) is 113 Å². The van der Waals surface area contributed by atoms with Gasteiger partial charge < -0.3 is 20.9 Å². The summed E-state index contributed by atoms with van der Waals surface area (Å²) in [7, 11) is 0. The van der Waals surface area contributed by atoms with Crippen molar-refractivity contribution in [2.45, 2.75) is 12.5 Å². The lowest BCUT2D eigenvalue weighted by Gasteiger charge is -2.19. The minimum absolute atomic E-state index is 0.123. The lowest BCUT2D eigenvalue weighted by Crippen LogP contribution is -2.28. The van der Waals surface area contributed by atoms with Crippen LogP contribution < -0.4 is 11.1 Å². The van der Waals surface area contributed by atoms with E-state index in [0.717, 1.165) is 16.9 Å². The number of carbonyl (C=O) groups is 1. The van der Waals surface area contributed by atoms with Gasteiger partial charge in [-0.3, -0.25) is 4.79 Å². The highest BCUT2D eigenvalue weighted by atomic mass is 35.5. The van der Waals surface area contributed by atoms with E-state index in [0.29, 0.717) is 58.4 Å². The highest BCUT2D eigenvalue weighted by Crippen LogP contribution is 2.31. The van der Waals surface area contributed by atoms with E-state index < -0.39 is 0 Å². The number of aromatic amines is 1. The summed E-state index contributed by atoms with van der Waals surface area (Å²) in [6.45, 7) is 1.60. The molecular formula is C23H21Cl2N7O. The number of amides is 1. The number of nitrogens with zero attached hydrogens (tertiary/aromatic N) is 4. The summed E-state index contributed by atoms with van der Waals surface area (Å²) in [6, 6.07) is 8.73. The molecule has 0 fully saturated rings. The molecule has 0 bridgehead atoms. The number of H-pyrrole nitrogens is 1. The van der Waals surface area contributed by atoms with Gasteiger partial charge in [0.15, 0.2) is 0 Å². The van der Waals surface area contributed by atoms with Gasteiger partial charge in [-0.25, -0.2) is 15.0 Å². The zero-order valence-electron chi connectivity index (χ0n) is 17.6. The second-order valence-electron chi connectivity index (χ2n) is 7.81. The van der Waals surface area contributed by atoms with Crippen molar-refractivity contribution in [3.63, 3.8) is 0 Å². The summed E-state index contributed by atoms with van der Waals surface area (Å²) in [5.74, 6) is 1.19. The van der Waals surface area contributed by atoms with Crippen LogP contribution in [0.15, 0.2) is 48.8 Å². The Balaban J connectivity index is 1.49. The maximum Gasteiger partial charge on any atom is 0.256 e. The van der Waals surface area contributed by atoms with E-state index >= 15 is 0 Å². The molecule has 1 atom stereocenters. The Morgan fingerprint density at radius 1 is 1.15 bits per heavy atom. The molecule has 0 saturated carbocycles. The van der Waals surface area contributed by atoms with E-state index in [9.17, 15) is 4.79 Å². The fourth-order valence-electron chi connectivity index (χ4n) is 3.94. The van der Waals surface area contributed by atoms with Gasteiger partial charge in [0.25, 0.3) is 5.91 Å². The van der Waals surface area contributed by atoms with Gasteiger partial charge in [0, 0.05) is 23.5 Å². The smallest absolute Gasteiger partial charge is 0.256 e. The van der Waals surface area contributed by atoms with Crippen molar-refractivity contribution >= 4 is 56.9 Å². The van der Waals surface area contributed by atoms with Gasteiger partial charge in [0.1, 0.15) is 18.0 Å². The van der Waals surface area contributed by atoms with Crippen LogP contribution in [0.2, 0.25) is 10.0 Å². The quantitative estimate of drug-likeness (QED) is 0.353. The van der Waals surface area contributed by atoms with Crippen molar-refractivity contribution in [2.75, 3.05) is 25.0 Å². The Morgan fingerprint density at radius 3 is 2.76 bits per heavy atom. The zero-order chi connectivity index (χ0) is 22.9. The summed E-state index contributed by atoms with van der Waals surface area (Å²) in [5.41, 5.74) is 8.58. The SMILES string of the molecule is NCC[C@H](Nc1ncnc2cc(C(=O)N3CC=CC3)c(Cl)cc12)c1nc2cc(Cl)ccc2[nH]1. The van der Waals surface area contributed by atoms with Crippen LogP contribution in [0, 0.1) is 0 Å². The standard InChI is InChI=1S/C23H21Cl2N7O/c24-13-3-4-17-20(9-13)31-22(29-17)18(5-6-26)30-21-15-10-16(25)14(11-19(15)27-12-28-21)23(33)32-7-1-2-8-32/h1-4,9-12,18H,5-8,26H2,(H,29,31)(H,27,28,30)/t18-/m0/s1. The number of imidazole rings is 1. The highest BCUT2D eigenvalue weighted by Gasteiger charge is 2.22. The molecule has 1 aliphatic rings. The Kier molecular flexibility index (Phi) is 5.88. The molecule has 10 heteroatoms. The normalized spacial score (nSPS) is 14.3. The molecule has 0 radical (unpaired) electrons. The van der Waals surface area contributed by atoms with E-state index in [1.165, 1.54) is 6.33 Å². The number of rotatable bonds is 6. The minimum atomic E-state index is -0.227. The second-order valence-corrected chi connectivity index (χ2v) is 8.65. The fraction of sp³-hybridized carbons (Fsp3) is 0.217. The van der Waals surface area contributed by atoms with Crippen molar-refractivity contribution in [1.82, 2.24) is 24.8 Å². The number of nitrogens with one attached hydrogen (secondary N) is 2. The maximum atomic E-state index is 12.9. The lowest BCUT2D eigenvalue weighted by molar-refractivity contribution is 0.0800. The number of hydrogen-bond acceptors (Lipinski definition) is 6. The summed E-state index contributed by atoms with van der Waals surface area (Å²) in [6.07, 6.45) is 5.99. The van der Waals surface area contributed by atoms with Gasteiger partial charge in [-0.2, -0.15) is 0 Å². The highest BCUT2D eigenvalue weighted by molar-refractivity contribution is 6.35. The third-order valence-electron chi connectivity index (χ3n) is 5.62. The Morgan fingerprint density at radius 2 is 1.97 bits per heavy atom. The number of halogens is 2. The predicted octanol–water partition coefficient (Wildman–Crippen LogP) is 4.33. The molecule has 3 heterocycles. The van der Waals surface area contributed by atoms with Gasteiger partial charge >= 0.3 is 0 Å². The molecule has 8 nitrogen and oxygen atoms in total. The number of benzene rings is 2. The van der Waals surface area contributed by atoms with Gasteiger partial charge in [0.2, 0.25) is 0 Å². The molecule has 1 aliphatic heterocycles. The summed E-state index contributed by atoms with van der Waals surface area (Å²) in [4.78, 5) is 31.4. The van der Waals surface area contributed by atoms with Crippen LogP contribution in [0.5, 0.6) is 0 Å². The molecule has 5 rings (SSSR count). The van der Waals surface area contributed by atoms with E-state index in [-0.39, 0.29) is 11.9 Å². The molecule has 1 amide bonds. The molecule has 0 unspecified atom stereocenters. The second kappa shape index (κ2) is 8.97. The van der Waals surface area contributed by atoms with Gasteiger partial charge in [-0.15, -0.1) is 0 Å². The number of nitrogens with two attached hydrogens (primary N) is 1. The predicted molar refractivity (Wildman–Crippen MR) is 131 cm³/mol. The third-order valence-corrected chi connectivity index (χ3v) is 6.17. The van der Waals surface area contributed by atoms with E-state index in [1.807, 2.05) is 30.4 Å². The molecule has 2 aromatic heterocycles. The first-order valence-electron chi connectivity index (χ1n) is 10.5. The van der Waals surface area contributed by atoms with Crippen molar-refractivity contribution in [1.29, 1.82) is 0 Å². The van der Waals surface area contributed by atoms with Crippen molar-refractivity contribution < 1.29 is 4.79 Å². The number of aromatic nitrogens is 4. The first-order valence-corrected chi connectivity index (χ1v) is 11.3. The van der Waals surface area contributed by atoms with E-state index in [2.05, 4.69) is 25.3 Å². The number of fused-ring (bicyclic) bond motifs is 2. The van der Waals surface area contributed by atoms with Gasteiger partial charge in [0.05, 0.1) is 33.2 Å². The molecular weight excluding hydrogens is 461 g/mol. The van der Waals surface area contributed by atoms with Gasteiger partial charge in [-0.05, 0) is 43.3 Å². The zero-order valence-corrected chi connectivity index (χ0v) is 19.1. The summed E-state index contributed by atoms with van der Waals surface area (Å²) >= 11 is 12.6. The lowest BCUT2D eigenvalue weighted by atomic mass is 10.1. The Hall–Kier alpha value is -3.20. The van der Waals surface area contributed by atoms with Crippen LogP contribution in [0.4, 0.5) is 5.82 Å². The number of anilines is 1. The number of carbonyl (C=O) groups excluding carboxylic acids is 1. The molecule has 0 saturated heterocycles. The van der Waals surface area contributed by atoms with Crippen molar-refractivity contribution in [2.24, 2.45) is 5.73 Å². The monoisotopic (exact) mass is 481 g/mol. The van der Waals surface area contributed by atoms with Crippen molar-refractivity contribution in [3.05, 3.63) is 70.2 Å². The summed E-state index contributed by atoms with van der Waals surface area (Å²) in [5, 5.41) is 5.11. The molecule has 0 spiro atoms. The average Bonchev–Trinajstić information content (AvgIpc) is 3.48. The molecule has 168 valence electrons. The minimum Gasteiger partial charge on any atom is -0.359 e.